The van der Waals surface area contributed by atoms with E-state index in [0.29, 0.717) is 16.9 Å². The molecule has 0 saturated carbocycles. The summed E-state index contributed by atoms with van der Waals surface area (Å²) in [5.74, 6) is -0.249. The minimum Gasteiger partial charge on any atom is -0.508 e. The Kier molecular flexibility index (Phi) is 4.77. The molecule has 0 spiro atoms. The number of phenols is 1. The first kappa shape index (κ1) is 18.3. The molecule has 2 N–H and O–H groups in total. The Morgan fingerprint density at radius 1 is 1.00 bits per heavy atom. The number of aromatic nitrogens is 3. The minimum atomic E-state index is -0.525. The van der Waals surface area contributed by atoms with Gasteiger partial charge in [-0.2, -0.15) is 0 Å². The van der Waals surface area contributed by atoms with Crippen LogP contribution in [0.4, 0.5) is 5.69 Å². The van der Waals surface area contributed by atoms with Gasteiger partial charge in [0.1, 0.15) is 11.4 Å². The fourth-order valence-electron chi connectivity index (χ4n) is 2.39. The number of hydrogen-bond acceptors (Lipinski definition) is 5. The van der Waals surface area contributed by atoms with Gasteiger partial charge in [-0.3, -0.25) is 9.59 Å². The Bertz CT molecular complexity index is 968. The van der Waals surface area contributed by atoms with E-state index in [2.05, 4.69) is 15.6 Å². The number of anilines is 1. The molecule has 0 aliphatic carbocycles. The zero-order valence-electron chi connectivity index (χ0n) is 15.3. The number of aromatic hydroxyl groups is 1. The van der Waals surface area contributed by atoms with Crippen LogP contribution in [0.2, 0.25) is 0 Å². The lowest BCUT2D eigenvalue weighted by atomic mass is 9.89. The summed E-state index contributed by atoms with van der Waals surface area (Å²) in [4.78, 5) is 24.5. The third-order valence-corrected chi connectivity index (χ3v) is 3.93. The first-order valence-electron chi connectivity index (χ1n) is 8.42. The Morgan fingerprint density at radius 3 is 2.22 bits per heavy atom. The van der Waals surface area contributed by atoms with Crippen LogP contribution in [0.5, 0.6) is 5.75 Å². The molecule has 3 aromatic rings. The van der Waals surface area contributed by atoms with Crippen molar-refractivity contribution in [3.05, 3.63) is 66.0 Å². The third kappa shape index (κ3) is 4.20. The van der Waals surface area contributed by atoms with Crippen molar-refractivity contribution in [1.82, 2.24) is 15.0 Å². The van der Waals surface area contributed by atoms with Gasteiger partial charge in [0, 0.05) is 16.7 Å². The second-order valence-corrected chi connectivity index (χ2v) is 7.18. The normalized spacial score (nSPS) is 11.2. The number of nitrogens with zero attached hydrogens (tertiary/aromatic N) is 3. The van der Waals surface area contributed by atoms with E-state index in [-0.39, 0.29) is 17.4 Å². The monoisotopic (exact) mass is 364 g/mol. The number of rotatable bonds is 4. The van der Waals surface area contributed by atoms with Crippen molar-refractivity contribution >= 4 is 17.4 Å². The van der Waals surface area contributed by atoms with Gasteiger partial charge in [0.25, 0.3) is 5.91 Å². The van der Waals surface area contributed by atoms with E-state index in [9.17, 15) is 14.7 Å². The summed E-state index contributed by atoms with van der Waals surface area (Å²) in [5, 5.41) is 20.0. The van der Waals surface area contributed by atoms with E-state index in [1.54, 1.807) is 42.6 Å². The second-order valence-electron chi connectivity index (χ2n) is 7.18. The highest BCUT2D eigenvalue weighted by Crippen LogP contribution is 2.20. The Hall–Kier alpha value is -3.48. The fraction of sp³-hybridized carbons (Fsp3) is 0.200. The van der Waals surface area contributed by atoms with Crippen molar-refractivity contribution in [2.75, 3.05) is 5.32 Å². The standard InChI is InChI=1S/C20H20N4O3/c1-20(2,3)18(26)17-12-24(23-22-17)15-8-6-14(7-9-15)21-19(27)13-4-10-16(25)11-5-13/h4-12,25H,1-3H3,(H,21,27). The highest BCUT2D eigenvalue weighted by molar-refractivity contribution is 6.04. The van der Waals surface area contributed by atoms with Gasteiger partial charge in [0.15, 0.2) is 5.78 Å². The lowest BCUT2D eigenvalue weighted by Gasteiger charge is -2.13. The first-order valence-corrected chi connectivity index (χ1v) is 8.42. The van der Waals surface area contributed by atoms with Crippen LogP contribution < -0.4 is 5.32 Å². The summed E-state index contributed by atoms with van der Waals surface area (Å²) >= 11 is 0. The molecule has 7 nitrogen and oxygen atoms in total. The molecular weight excluding hydrogens is 344 g/mol. The van der Waals surface area contributed by atoms with Crippen molar-refractivity contribution in [2.24, 2.45) is 5.41 Å². The minimum absolute atomic E-state index is 0.0773. The summed E-state index contributed by atoms with van der Waals surface area (Å²) in [6.45, 7) is 5.50. The van der Waals surface area contributed by atoms with Gasteiger partial charge in [-0.05, 0) is 48.5 Å². The molecule has 1 heterocycles. The smallest absolute Gasteiger partial charge is 0.255 e. The van der Waals surface area contributed by atoms with Crippen LogP contribution in [-0.4, -0.2) is 31.8 Å². The number of amides is 1. The van der Waals surface area contributed by atoms with Gasteiger partial charge in [-0.25, -0.2) is 4.68 Å². The van der Waals surface area contributed by atoms with Crippen molar-refractivity contribution < 1.29 is 14.7 Å². The summed E-state index contributed by atoms with van der Waals surface area (Å²) in [5.41, 5.74) is 1.56. The number of ketones is 1. The topological polar surface area (TPSA) is 97.1 Å². The van der Waals surface area contributed by atoms with Crippen LogP contribution >= 0.6 is 0 Å². The summed E-state index contributed by atoms with van der Waals surface area (Å²) in [6, 6.07) is 13.0. The molecular formula is C20H20N4O3. The van der Waals surface area contributed by atoms with Crippen molar-refractivity contribution in [1.29, 1.82) is 0 Å². The molecule has 0 unspecified atom stereocenters. The SMILES string of the molecule is CC(C)(C)C(=O)c1cn(-c2ccc(NC(=O)c3ccc(O)cc3)cc2)nn1. The Labute approximate surface area is 156 Å². The number of hydrogen-bond donors (Lipinski definition) is 2. The molecule has 0 atom stereocenters. The van der Waals surface area contributed by atoms with Gasteiger partial charge in [0.05, 0.1) is 11.9 Å². The predicted octanol–water partition coefficient (Wildman–Crippen LogP) is 3.45. The molecule has 27 heavy (non-hydrogen) atoms. The van der Waals surface area contributed by atoms with Gasteiger partial charge in [0.2, 0.25) is 0 Å². The quantitative estimate of drug-likeness (QED) is 0.691. The number of carbonyl (C=O) groups is 2. The summed E-state index contributed by atoms with van der Waals surface area (Å²) < 4.78 is 1.52. The fourth-order valence-corrected chi connectivity index (χ4v) is 2.39. The number of phenolic OH excluding ortho intramolecular Hbond substituents is 1. The van der Waals surface area contributed by atoms with E-state index < -0.39 is 5.41 Å². The molecule has 3 rings (SSSR count). The van der Waals surface area contributed by atoms with Crippen LogP contribution in [0.25, 0.3) is 5.69 Å². The highest BCUT2D eigenvalue weighted by atomic mass is 16.3. The Balaban J connectivity index is 1.72. The van der Waals surface area contributed by atoms with Crippen LogP contribution in [0.3, 0.4) is 0 Å². The molecule has 0 saturated heterocycles. The molecule has 0 aliphatic rings. The summed E-state index contributed by atoms with van der Waals surface area (Å²) in [6.07, 6.45) is 1.59. The summed E-state index contributed by atoms with van der Waals surface area (Å²) in [7, 11) is 0. The predicted molar refractivity (Wildman–Crippen MR) is 101 cm³/mol. The van der Waals surface area contributed by atoms with Crippen molar-refractivity contribution in [3.63, 3.8) is 0 Å². The van der Waals surface area contributed by atoms with E-state index >= 15 is 0 Å². The molecule has 138 valence electrons. The number of Topliss-reactive ketones (excluding diaryl/α,β-unsaturated/α-hetero) is 1. The third-order valence-electron chi connectivity index (χ3n) is 3.93. The molecule has 0 fully saturated rings. The zero-order valence-corrected chi connectivity index (χ0v) is 15.3. The molecule has 0 aliphatic heterocycles. The van der Waals surface area contributed by atoms with Gasteiger partial charge >= 0.3 is 0 Å². The number of nitrogens with one attached hydrogen (secondary N) is 1. The van der Waals surface area contributed by atoms with Gasteiger partial charge in [-0.15, -0.1) is 5.10 Å². The van der Waals surface area contributed by atoms with Gasteiger partial charge in [-0.1, -0.05) is 26.0 Å². The number of benzene rings is 2. The van der Waals surface area contributed by atoms with Crippen molar-refractivity contribution in [3.8, 4) is 11.4 Å². The maximum Gasteiger partial charge on any atom is 0.255 e. The molecule has 1 amide bonds. The maximum atomic E-state index is 12.3. The lowest BCUT2D eigenvalue weighted by Crippen LogP contribution is -2.20. The van der Waals surface area contributed by atoms with E-state index in [0.717, 1.165) is 5.69 Å². The number of carbonyl (C=O) groups excluding carboxylic acids is 2. The highest BCUT2D eigenvalue weighted by Gasteiger charge is 2.25. The van der Waals surface area contributed by atoms with E-state index in [1.807, 2.05) is 20.8 Å². The van der Waals surface area contributed by atoms with Crippen LogP contribution in [0.15, 0.2) is 54.7 Å². The first-order chi connectivity index (χ1) is 12.7. The average Bonchev–Trinajstić information content (AvgIpc) is 3.11. The molecule has 0 radical (unpaired) electrons. The second kappa shape index (κ2) is 7.03. The molecule has 7 heteroatoms. The average molecular weight is 364 g/mol. The van der Waals surface area contributed by atoms with Crippen LogP contribution in [0.1, 0.15) is 41.6 Å². The van der Waals surface area contributed by atoms with Gasteiger partial charge < -0.3 is 10.4 Å². The van der Waals surface area contributed by atoms with Crippen LogP contribution in [-0.2, 0) is 0 Å². The Morgan fingerprint density at radius 2 is 1.63 bits per heavy atom. The van der Waals surface area contributed by atoms with E-state index in [4.69, 9.17) is 0 Å². The molecule has 0 bridgehead atoms. The zero-order chi connectivity index (χ0) is 19.6. The van der Waals surface area contributed by atoms with Crippen LogP contribution in [0, 0.1) is 5.41 Å². The molecule has 2 aromatic carbocycles. The van der Waals surface area contributed by atoms with Crippen molar-refractivity contribution in [2.45, 2.75) is 20.8 Å². The largest absolute Gasteiger partial charge is 0.508 e. The lowest BCUT2D eigenvalue weighted by molar-refractivity contribution is 0.0852. The van der Waals surface area contributed by atoms with E-state index in [1.165, 1.54) is 16.8 Å². The maximum absolute atomic E-state index is 12.3. The molecule has 1 aromatic heterocycles.